The molecule has 0 spiro atoms. The second-order valence-corrected chi connectivity index (χ2v) is 7.62. The van der Waals surface area contributed by atoms with Crippen molar-refractivity contribution in [2.75, 3.05) is 13.2 Å². The predicted octanol–water partition coefficient (Wildman–Crippen LogP) is 3.08. The number of carbonyl (C=O) groups excluding carboxylic acids is 1. The van der Waals surface area contributed by atoms with Crippen LogP contribution in [0.3, 0.4) is 0 Å². The topological polar surface area (TPSA) is 59.6 Å². The summed E-state index contributed by atoms with van der Waals surface area (Å²) in [7, 11) is 0. The molecule has 0 aromatic rings. The second-order valence-electron chi connectivity index (χ2n) is 7.62. The van der Waals surface area contributed by atoms with Gasteiger partial charge in [0.25, 0.3) is 0 Å². The molecule has 0 aliphatic heterocycles. The summed E-state index contributed by atoms with van der Waals surface area (Å²) in [6.45, 7) is 13.4. The van der Waals surface area contributed by atoms with Crippen LogP contribution in [0.4, 0.5) is 4.79 Å². The van der Waals surface area contributed by atoms with Crippen molar-refractivity contribution in [1.29, 1.82) is 0 Å². The first-order valence-electron chi connectivity index (χ1n) is 8.54. The van der Waals surface area contributed by atoms with Crippen molar-refractivity contribution in [3.63, 3.8) is 0 Å². The van der Waals surface area contributed by atoms with E-state index in [2.05, 4.69) is 24.5 Å². The second kappa shape index (κ2) is 8.73. The van der Waals surface area contributed by atoms with Crippen LogP contribution in [-0.4, -0.2) is 43.0 Å². The highest BCUT2D eigenvalue weighted by Crippen LogP contribution is 2.24. The average molecular weight is 314 g/mol. The molecule has 2 N–H and O–H groups in total. The van der Waals surface area contributed by atoms with Crippen LogP contribution in [0.1, 0.15) is 60.8 Å². The van der Waals surface area contributed by atoms with E-state index in [-0.39, 0.29) is 12.1 Å². The Balaban J connectivity index is 2.33. The Kier molecular flexibility index (Phi) is 7.63. The van der Waals surface area contributed by atoms with E-state index in [0.29, 0.717) is 24.6 Å². The fraction of sp³-hybridized carbons (Fsp3) is 0.941. The van der Waals surface area contributed by atoms with Gasteiger partial charge in [-0.2, -0.15) is 0 Å². The van der Waals surface area contributed by atoms with Crippen LogP contribution in [-0.2, 0) is 9.47 Å². The van der Waals surface area contributed by atoms with Crippen LogP contribution < -0.4 is 10.6 Å². The van der Waals surface area contributed by atoms with Gasteiger partial charge < -0.3 is 20.1 Å². The Labute approximate surface area is 135 Å². The lowest BCUT2D eigenvalue weighted by atomic mass is 9.88. The molecule has 1 amide bonds. The quantitative estimate of drug-likeness (QED) is 0.723. The molecule has 1 aliphatic carbocycles. The van der Waals surface area contributed by atoms with Gasteiger partial charge in [-0.25, -0.2) is 4.79 Å². The molecule has 130 valence electrons. The average Bonchev–Trinajstić information content (AvgIpc) is 2.30. The highest BCUT2D eigenvalue weighted by molar-refractivity contribution is 5.67. The van der Waals surface area contributed by atoms with E-state index in [0.717, 1.165) is 25.9 Å². The summed E-state index contributed by atoms with van der Waals surface area (Å²) in [6, 6.07) is 0.779. The molecule has 0 saturated heterocycles. The van der Waals surface area contributed by atoms with Crippen LogP contribution in [0.5, 0.6) is 0 Å². The molecule has 1 saturated carbocycles. The molecular weight excluding hydrogens is 280 g/mol. The van der Waals surface area contributed by atoms with Crippen molar-refractivity contribution in [3.8, 4) is 0 Å². The molecule has 0 aromatic carbocycles. The maximum atomic E-state index is 11.8. The van der Waals surface area contributed by atoms with Crippen molar-refractivity contribution in [3.05, 3.63) is 0 Å². The lowest BCUT2D eigenvalue weighted by Gasteiger charge is -2.38. The van der Waals surface area contributed by atoms with Gasteiger partial charge in [0.15, 0.2) is 0 Å². The molecule has 1 fully saturated rings. The van der Waals surface area contributed by atoms with Crippen LogP contribution >= 0.6 is 0 Å². The maximum Gasteiger partial charge on any atom is 0.407 e. The largest absolute Gasteiger partial charge is 0.444 e. The Morgan fingerprint density at radius 1 is 1.27 bits per heavy atom. The fourth-order valence-corrected chi connectivity index (χ4v) is 2.71. The van der Waals surface area contributed by atoms with Gasteiger partial charge >= 0.3 is 6.09 Å². The third-order valence-corrected chi connectivity index (χ3v) is 3.62. The predicted molar refractivity (Wildman–Crippen MR) is 89.1 cm³/mol. The Bertz CT molecular complexity index is 333. The first-order valence-corrected chi connectivity index (χ1v) is 8.54. The van der Waals surface area contributed by atoms with Gasteiger partial charge in [-0.05, 0) is 52.9 Å². The molecule has 0 heterocycles. The first-order chi connectivity index (χ1) is 10.2. The third-order valence-electron chi connectivity index (χ3n) is 3.62. The summed E-state index contributed by atoms with van der Waals surface area (Å²) in [4.78, 5) is 11.8. The van der Waals surface area contributed by atoms with Crippen molar-refractivity contribution in [2.24, 2.45) is 5.92 Å². The van der Waals surface area contributed by atoms with Gasteiger partial charge in [-0.3, -0.25) is 0 Å². The fourth-order valence-electron chi connectivity index (χ4n) is 2.71. The Morgan fingerprint density at radius 2 is 1.91 bits per heavy atom. The highest BCUT2D eigenvalue weighted by Gasteiger charge is 2.31. The smallest absolute Gasteiger partial charge is 0.407 e. The Hall–Kier alpha value is -0.810. The minimum Gasteiger partial charge on any atom is -0.444 e. The van der Waals surface area contributed by atoms with Gasteiger partial charge in [-0.1, -0.05) is 13.8 Å². The summed E-state index contributed by atoms with van der Waals surface area (Å²) in [5.41, 5.74) is -0.455. The molecule has 22 heavy (non-hydrogen) atoms. The van der Waals surface area contributed by atoms with E-state index in [1.807, 2.05) is 27.7 Å². The number of nitrogens with one attached hydrogen (secondary N) is 2. The van der Waals surface area contributed by atoms with Gasteiger partial charge in [-0.15, -0.1) is 0 Å². The minimum atomic E-state index is -0.455. The summed E-state index contributed by atoms with van der Waals surface area (Å²) in [5.74, 6) is 0.584. The van der Waals surface area contributed by atoms with Gasteiger partial charge in [0.1, 0.15) is 5.60 Å². The molecule has 1 unspecified atom stereocenters. The lowest BCUT2D eigenvalue weighted by molar-refractivity contribution is -0.0130. The van der Waals surface area contributed by atoms with E-state index in [4.69, 9.17) is 9.47 Å². The van der Waals surface area contributed by atoms with Crippen LogP contribution in [0.25, 0.3) is 0 Å². The highest BCUT2D eigenvalue weighted by atomic mass is 16.6. The third kappa shape index (κ3) is 7.99. The SMILES string of the molecule is CCOC1CC(NC(CNC(=O)OC(C)(C)C)CC(C)C)C1. The molecule has 1 atom stereocenters. The van der Waals surface area contributed by atoms with E-state index < -0.39 is 5.60 Å². The maximum absolute atomic E-state index is 11.8. The van der Waals surface area contributed by atoms with Gasteiger partial charge in [0.05, 0.1) is 6.10 Å². The molecule has 0 aromatic heterocycles. The summed E-state index contributed by atoms with van der Waals surface area (Å²) >= 11 is 0. The zero-order valence-electron chi connectivity index (χ0n) is 15.1. The summed E-state index contributed by atoms with van der Waals surface area (Å²) in [6.07, 6.45) is 3.22. The lowest BCUT2D eigenvalue weighted by Crippen LogP contribution is -2.53. The number of carbonyl (C=O) groups is 1. The molecule has 5 nitrogen and oxygen atoms in total. The number of alkyl carbamates (subject to hydrolysis) is 1. The van der Waals surface area contributed by atoms with Gasteiger partial charge in [0.2, 0.25) is 0 Å². The molecule has 0 bridgehead atoms. The van der Waals surface area contributed by atoms with E-state index in [9.17, 15) is 4.79 Å². The van der Waals surface area contributed by atoms with Crippen molar-refractivity contribution in [1.82, 2.24) is 10.6 Å². The van der Waals surface area contributed by atoms with Crippen molar-refractivity contribution < 1.29 is 14.3 Å². The van der Waals surface area contributed by atoms with Crippen LogP contribution in [0, 0.1) is 5.92 Å². The van der Waals surface area contributed by atoms with Gasteiger partial charge in [0, 0.05) is 25.2 Å². The normalized spacial score (nSPS) is 23.0. The number of hydrogen-bond acceptors (Lipinski definition) is 4. The molecule has 1 rings (SSSR count). The molecule has 0 radical (unpaired) electrons. The van der Waals surface area contributed by atoms with E-state index in [1.165, 1.54) is 0 Å². The number of rotatable bonds is 8. The number of ether oxygens (including phenoxy) is 2. The van der Waals surface area contributed by atoms with Crippen LogP contribution in [0.2, 0.25) is 0 Å². The summed E-state index contributed by atoms with van der Waals surface area (Å²) in [5, 5.41) is 6.52. The first kappa shape index (κ1) is 19.2. The zero-order chi connectivity index (χ0) is 16.8. The minimum absolute atomic E-state index is 0.278. The molecule has 5 heteroatoms. The molecule has 1 aliphatic rings. The van der Waals surface area contributed by atoms with Crippen molar-refractivity contribution in [2.45, 2.75) is 84.6 Å². The van der Waals surface area contributed by atoms with E-state index >= 15 is 0 Å². The van der Waals surface area contributed by atoms with E-state index in [1.54, 1.807) is 0 Å². The Morgan fingerprint density at radius 3 is 2.41 bits per heavy atom. The molecular formula is C17H34N2O3. The standard InChI is InChI=1S/C17H34N2O3/c1-7-21-15-9-13(10-15)19-14(8-12(2)3)11-18-16(20)22-17(4,5)6/h12-15,19H,7-11H2,1-6H3,(H,18,20). The number of hydrogen-bond donors (Lipinski definition) is 2. The van der Waals surface area contributed by atoms with Crippen LogP contribution in [0.15, 0.2) is 0 Å². The van der Waals surface area contributed by atoms with Crippen molar-refractivity contribution >= 4 is 6.09 Å². The zero-order valence-corrected chi connectivity index (χ0v) is 15.1. The number of amides is 1. The summed E-state index contributed by atoms with van der Waals surface area (Å²) < 4.78 is 10.9. The monoisotopic (exact) mass is 314 g/mol.